The molecule has 100 valence electrons. The second-order valence-corrected chi connectivity index (χ2v) is 3.61. The highest BCUT2D eigenvalue weighted by atomic mass is 19.3. The predicted molar refractivity (Wildman–Crippen MR) is 60.6 cm³/mol. The van der Waals surface area contributed by atoms with Gasteiger partial charge in [-0.15, -0.1) is 0 Å². The zero-order valence-electron chi connectivity index (χ0n) is 9.41. The van der Waals surface area contributed by atoms with Gasteiger partial charge < -0.3 is 10.5 Å². The maximum Gasteiger partial charge on any atom is 0.387 e. The summed E-state index contributed by atoms with van der Waals surface area (Å²) < 4.78 is 55.3. The van der Waals surface area contributed by atoms with E-state index in [1.807, 2.05) is 0 Å². The van der Waals surface area contributed by atoms with Crippen LogP contribution in [-0.2, 0) is 0 Å². The molecule has 0 saturated heterocycles. The van der Waals surface area contributed by atoms with Gasteiger partial charge in [-0.2, -0.15) is 8.78 Å². The summed E-state index contributed by atoms with van der Waals surface area (Å²) in [7, 11) is 0. The average Bonchev–Trinajstić information content (AvgIpc) is 2.32. The molecule has 2 N–H and O–H groups in total. The summed E-state index contributed by atoms with van der Waals surface area (Å²) in [6, 6.07) is 4.03. The van der Waals surface area contributed by atoms with Crippen molar-refractivity contribution in [2.24, 2.45) is 0 Å². The topological polar surface area (TPSA) is 48.1 Å². The minimum Gasteiger partial charge on any atom is -0.434 e. The lowest BCUT2D eigenvalue weighted by atomic mass is 10.1. The number of pyridine rings is 1. The molecule has 0 aliphatic heterocycles. The van der Waals surface area contributed by atoms with Crippen molar-refractivity contribution in [1.29, 1.82) is 0 Å². The summed E-state index contributed by atoms with van der Waals surface area (Å²) in [6.45, 7) is -3.15. The van der Waals surface area contributed by atoms with Gasteiger partial charge in [-0.25, -0.2) is 13.8 Å². The zero-order chi connectivity index (χ0) is 14.0. The van der Waals surface area contributed by atoms with Crippen LogP contribution in [0.25, 0.3) is 11.1 Å². The van der Waals surface area contributed by atoms with E-state index in [0.717, 1.165) is 30.5 Å². The Hall–Kier alpha value is -2.31. The van der Waals surface area contributed by atoms with Crippen molar-refractivity contribution >= 4 is 5.82 Å². The van der Waals surface area contributed by atoms with Crippen LogP contribution in [0.2, 0.25) is 0 Å². The highest BCUT2D eigenvalue weighted by Crippen LogP contribution is 2.33. The van der Waals surface area contributed by atoms with E-state index in [2.05, 4.69) is 9.72 Å². The van der Waals surface area contributed by atoms with Gasteiger partial charge in [-0.05, 0) is 18.2 Å². The van der Waals surface area contributed by atoms with Gasteiger partial charge in [0.2, 0.25) is 0 Å². The average molecular weight is 272 g/mol. The fraction of sp³-hybridized carbons (Fsp3) is 0.0833. The monoisotopic (exact) mass is 272 g/mol. The molecule has 0 radical (unpaired) electrons. The first-order chi connectivity index (χ1) is 8.97. The summed E-state index contributed by atoms with van der Waals surface area (Å²) in [4.78, 5) is 3.51. The number of anilines is 1. The quantitative estimate of drug-likeness (QED) is 0.873. The Balaban J connectivity index is 2.57. The minimum atomic E-state index is -3.15. The minimum absolute atomic E-state index is 0.00345. The van der Waals surface area contributed by atoms with Gasteiger partial charge in [-0.1, -0.05) is 0 Å². The molecular weight excluding hydrogens is 264 g/mol. The molecular formula is C12H8F4N2O. The molecule has 1 heterocycles. The van der Waals surface area contributed by atoms with Crippen LogP contribution in [0.3, 0.4) is 0 Å². The van der Waals surface area contributed by atoms with Gasteiger partial charge in [0.05, 0.1) is 6.20 Å². The van der Waals surface area contributed by atoms with Crippen LogP contribution < -0.4 is 10.5 Å². The van der Waals surface area contributed by atoms with Crippen molar-refractivity contribution in [1.82, 2.24) is 4.98 Å². The summed E-state index contributed by atoms with van der Waals surface area (Å²) in [5, 5.41) is 0. The molecule has 2 rings (SSSR count). The molecule has 19 heavy (non-hydrogen) atoms. The van der Waals surface area contributed by atoms with Crippen LogP contribution in [0.5, 0.6) is 5.75 Å². The van der Waals surface area contributed by atoms with Crippen molar-refractivity contribution in [2.75, 3.05) is 5.73 Å². The maximum absolute atomic E-state index is 13.6. The second kappa shape index (κ2) is 5.13. The van der Waals surface area contributed by atoms with Crippen molar-refractivity contribution in [3.63, 3.8) is 0 Å². The normalized spacial score (nSPS) is 10.8. The SMILES string of the molecule is Nc1cc(-c2ccc(F)cc2OC(F)F)c(F)cn1. The van der Waals surface area contributed by atoms with E-state index < -0.39 is 24.0 Å². The molecule has 0 amide bonds. The lowest BCUT2D eigenvalue weighted by molar-refractivity contribution is -0.0496. The van der Waals surface area contributed by atoms with Crippen LogP contribution >= 0.6 is 0 Å². The Morgan fingerprint density at radius 3 is 2.53 bits per heavy atom. The first-order valence-corrected chi connectivity index (χ1v) is 5.13. The number of hydrogen-bond donors (Lipinski definition) is 1. The molecule has 0 saturated carbocycles. The second-order valence-electron chi connectivity index (χ2n) is 3.61. The van der Waals surface area contributed by atoms with Gasteiger partial charge >= 0.3 is 6.61 Å². The van der Waals surface area contributed by atoms with E-state index in [-0.39, 0.29) is 16.9 Å². The van der Waals surface area contributed by atoms with Gasteiger partial charge in [0.1, 0.15) is 23.2 Å². The highest BCUT2D eigenvalue weighted by molar-refractivity contribution is 5.72. The van der Waals surface area contributed by atoms with E-state index >= 15 is 0 Å². The number of aromatic nitrogens is 1. The zero-order valence-corrected chi connectivity index (χ0v) is 9.41. The Morgan fingerprint density at radius 1 is 1.11 bits per heavy atom. The van der Waals surface area contributed by atoms with E-state index in [4.69, 9.17) is 5.73 Å². The van der Waals surface area contributed by atoms with Gasteiger partial charge in [0, 0.05) is 17.2 Å². The molecule has 0 aliphatic carbocycles. The molecule has 7 heteroatoms. The Labute approximate surface area is 105 Å². The third kappa shape index (κ3) is 2.93. The fourth-order valence-corrected chi connectivity index (χ4v) is 1.57. The Kier molecular flexibility index (Phi) is 3.55. The van der Waals surface area contributed by atoms with Crippen LogP contribution in [0.4, 0.5) is 23.4 Å². The number of alkyl halides is 2. The van der Waals surface area contributed by atoms with E-state index in [9.17, 15) is 17.6 Å². The van der Waals surface area contributed by atoms with E-state index in [1.165, 1.54) is 0 Å². The number of halogens is 4. The Morgan fingerprint density at radius 2 is 1.84 bits per heavy atom. The summed E-state index contributed by atoms with van der Waals surface area (Å²) in [5.41, 5.74) is 5.28. The number of nitrogen functional groups attached to an aromatic ring is 1. The molecule has 0 unspecified atom stereocenters. The third-order valence-electron chi connectivity index (χ3n) is 2.33. The van der Waals surface area contributed by atoms with Crippen LogP contribution in [0.15, 0.2) is 30.5 Å². The molecule has 2 aromatic rings. The first-order valence-electron chi connectivity index (χ1n) is 5.13. The first kappa shape index (κ1) is 13.1. The number of nitrogens with two attached hydrogens (primary N) is 1. The van der Waals surface area contributed by atoms with Crippen LogP contribution in [0.1, 0.15) is 0 Å². The summed E-state index contributed by atoms with van der Waals surface area (Å²) in [5.74, 6) is -2.02. The van der Waals surface area contributed by atoms with Gasteiger partial charge in [-0.3, -0.25) is 0 Å². The molecule has 0 fully saturated rings. The smallest absolute Gasteiger partial charge is 0.387 e. The fourth-order valence-electron chi connectivity index (χ4n) is 1.57. The molecule has 0 aliphatic rings. The van der Waals surface area contributed by atoms with E-state index in [0.29, 0.717) is 0 Å². The van der Waals surface area contributed by atoms with Crippen LogP contribution in [0, 0.1) is 11.6 Å². The van der Waals surface area contributed by atoms with Crippen molar-refractivity contribution in [3.05, 3.63) is 42.1 Å². The molecule has 1 aromatic heterocycles. The maximum atomic E-state index is 13.6. The van der Waals surface area contributed by atoms with Crippen molar-refractivity contribution in [2.45, 2.75) is 6.61 Å². The summed E-state index contributed by atoms with van der Waals surface area (Å²) >= 11 is 0. The van der Waals surface area contributed by atoms with Gasteiger partial charge in [0.15, 0.2) is 0 Å². The Bertz CT molecular complexity index is 604. The van der Waals surface area contributed by atoms with Crippen molar-refractivity contribution < 1.29 is 22.3 Å². The van der Waals surface area contributed by atoms with E-state index in [1.54, 1.807) is 0 Å². The van der Waals surface area contributed by atoms with Gasteiger partial charge in [0.25, 0.3) is 0 Å². The molecule has 0 bridgehead atoms. The van der Waals surface area contributed by atoms with Crippen LogP contribution in [-0.4, -0.2) is 11.6 Å². The van der Waals surface area contributed by atoms with Crippen molar-refractivity contribution in [3.8, 4) is 16.9 Å². The summed E-state index contributed by atoms with van der Waals surface area (Å²) in [6.07, 6.45) is 0.847. The molecule has 0 spiro atoms. The standard InChI is InChI=1S/C12H8F4N2O/c13-6-1-2-7(10(3-6)19-12(15)16)8-4-11(17)18-5-9(8)14/h1-5,12H,(H2,17,18). The largest absolute Gasteiger partial charge is 0.434 e. The third-order valence-corrected chi connectivity index (χ3v) is 2.33. The lowest BCUT2D eigenvalue weighted by Crippen LogP contribution is -2.04. The number of benzene rings is 1. The number of hydrogen-bond acceptors (Lipinski definition) is 3. The highest BCUT2D eigenvalue weighted by Gasteiger charge is 2.16. The number of rotatable bonds is 3. The molecule has 0 atom stereocenters. The number of nitrogens with zero attached hydrogens (tertiary/aromatic N) is 1. The number of ether oxygens (including phenoxy) is 1. The lowest BCUT2D eigenvalue weighted by Gasteiger charge is -2.11. The molecule has 1 aromatic carbocycles. The predicted octanol–water partition coefficient (Wildman–Crippen LogP) is 3.21. The molecule has 3 nitrogen and oxygen atoms in total.